The van der Waals surface area contributed by atoms with E-state index in [0.717, 1.165) is 20.1 Å². The third-order valence-corrected chi connectivity index (χ3v) is 6.05. The molecule has 2 aromatic heterocycles. The van der Waals surface area contributed by atoms with E-state index in [-0.39, 0.29) is 18.2 Å². The summed E-state index contributed by atoms with van der Waals surface area (Å²) in [5.41, 5.74) is -1.11. The molecule has 2 N–H and O–H groups in total. The number of rotatable bonds is 3. The van der Waals surface area contributed by atoms with E-state index in [4.69, 9.17) is 0 Å². The number of aliphatic hydroxyl groups is 2. The Morgan fingerprint density at radius 1 is 1.57 bits per heavy atom. The molecule has 0 bridgehead atoms. The average Bonchev–Trinajstić information content (AvgIpc) is 2.88. The van der Waals surface area contributed by atoms with Crippen LogP contribution in [0.2, 0.25) is 0 Å². The van der Waals surface area contributed by atoms with Crippen LogP contribution in [0.5, 0.6) is 0 Å². The van der Waals surface area contributed by atoms with Crippen LogP contribution in [0.15, 0.2) is 17.4 Å². The minimum Gasteiger partial charge on any atom is -0.388 e. The molecule has 3 heterocycles. The van der Waals surface area contributed by atoms with Crippen molar-refractivity contribution in [3.05, 3.63) is 17.3 Å². The summed E-state index contributed by atoms with van der Waals surface area (Å²) in [5.74, 6) is 0.207. The van der Waals surface area contributed by atoms with Crippen LogP contribution in [-0.4, -0.2) is 61.5 Å². The van der Waals surface area contributed by atoms with Crippen molar-refractivity contribution >= 4 is 39.2 Å². The number of nitrogens with zero attached hydrogens (tertiary/aromatic N) is 3. The molecule has 0 spiro atoms. The SMILES string of the molecule is Cc1cc2c(SCC(=O)N3CC[C@@](C)(O)[C@H](O)C3)ncnc2s1. The fourth-order valence-corrected chi connectivity index (χ4v) is 4.33. The van der Waals surface area contributed by atoms with E-state index in [1.807, 2.05) is 13.0 Å². The predicted molar refractivity (Wildman–Crippen MR) is 90.7 cm³/mol. The minimum absolute atomic E-state index is 0.0525. The van der Waals surface area contributed by atoms with Gasteiger partial charge in [0, 0.05) is 23.4 Å². The number of likely N-dealkylation sites (tertiary alicyclic amines) is 1. The third kappa shape index (κ3) is 3.50. The highest BCUT2D eigenvalue weighted by Gasteiger charge is 2.37. The zero-order valence-corrected chi connectivity index (χ0v) is 14.7. The zero-order valence-electron chi connectivity index (χ0n) is 13.0. The monoisotopic (exact) mass is 353 g/mol. The van der Waals surface area contributed by atoms with E-state index in [1.165, 1.54) is 18.1 Å². The fraction of sp³-hybridized carbons (Fsp3) is 0.533. The van der Waals surface area contributed by atoms with Crippen molar-refractivity contribution in [3.8, 4) is 0 Å². The van der Waals surface area contributed by atoms with Crippen molar-refractivity contribution in [2.24, 2.45) is 0 Å². The smallest absolute Gasteiger partial charge is 0.233 e. The third-order valence-electron chi connectivity index (χ3n) is 4.10. The molecular weight excluding hydrogens is 334 g/mol. The number of aryl methyl sites for hydroxylation is 1. The number of amides is 1. The second-order valence-electron chi connectivity index (χ2n) is 6.01. The number of fused-ring (bicyclic) bond motifs is 1. The molecule has 1 fully saturated rings. The Hall–Kier alpha value is -1.22. The van der Waals surface area contributed by atoms with E-state index < -0.39 is 11.7 Å². The van der Waals surface area contributed by atoms with Gasteiger partial charge in [-0.3, -0.25) is 4.79 Å². The molecule has 1 saturated heterocycles. The molecule has 0 saturated carbocycles. The van der Waals surface area contributed by atoms with Crippen molar-refractivity contribution < 1.29 is 15.0 Å². The molecule has 0 aromatic carbocycles. The Morgan fingerprint density at radius 3 is 3.09 bits per heavy atom. The van der Waals surface area contributed by atoms with E-state index in [9.17, 15) is 15.0 Å². The summed E-state index contributed by atoms with van der Waals surface area (Å²) in [5, 5.41) is 21.7. The second kappa shape index (κ2) is 6.35. The van der Waals surface area contributed by atoms with Gasteiger partial charge in [-0.2, -0.15) is 0 Å². The standard InChI is InChI=1S/C15H19N3O3S2/c1-9-5-10-13(16-8-17-14(10)23-9)22-7-12(20)18-4-3-15(2,21)11(19)6-18/h5,8,11,19,21H,3-4,6-7H2,1-2H3/t11-,15-/m1/s1. The number of piperidine rings is 1. The lowest BCUT2D eigenvalue weighted by molar-refractivity contribution is -0.143. The largest absolute Gasteiger partial charge is 0.388 e. The minimum atomic E-state index is -1.11. The van der Waals surface area contributed by atoms with Gasteiger partial charge < -0.3 is 15.1 Å². The van der Waals surface area contributed by atoms with Crippen LogP contribution < -0.4 is 0 Å². The molecular formula is C15H19N3O3S2. The molecule has 0 unspecified atom stereocenters. The first-order valence-corrected chi connectivity index (χ1v) is 9.19. The number of hydrogen-bond donors (Lipinski definition) is 2. The number of carbonyl (C=O) groups excluding carboxylic acids is 1. The summed E-state index contributed by atoms with van der Waals surface area (Å²) in [7, 11) is 0. The number of aromatic nitrogens is 2. The van der Waals surface area contributed by atoms with Crippen LogP contribution in [0.1, 0.15) is 18.2 Å². The first kappa shape index (κ1) is 16.6. The maximum Gasteiger partial charge on any atom is 0.233 e. The Bertz CT molecular complexity index is 732. The number of β-amino-alcohol motifs (C(OH)–C–C–N with tert-alkyl or cyclic N) is 1. The topological polar surface area (TPSA) is 86.6 Å². The van der Waals surface area contributed by atoms with Gasteiger partial charge in [0.25, 0.3) is 0 Å². The van der Waals surface area contributed by atoms with Gasteiger partial charge in [0.1, 0.15) is 16.2 Å². The van der Waals surface area contributed by atoms with Gasteiger partial charge >= 0.3 is 0 Å². The summed E-state index contributed by atoms with van der Waals surface area (Å²) in [6, 6.07) is 2.04. The highest BCUT2D eigenvalue weighted by atomic mass is 32.2. The molecule has 1 aliphatic rings. The molecule has 1 aliphatic heterocycles. The molecule has 2 atom stereocenters. The van der Waals surface area contributed by atoms with Crippen molar-refractivity contribution in [1.29, 1.82) is 0 Å². The van der Waals surface area contributed by atoms with Crippen LogP contribution in [0.25, 0.3) is 10.2 Å². The summed E-state index contributed by atoms with van der Waals surface area (Å²) in [4.78, 5) is 24.6. The molecule has 124 valence electrons. The summed E-state index contributed by atoms with van der Waals surface area (Å²) >= 11 is 2.99. The lowest BCUT2D eigenvalue weighted by Crippen LogP contribution is -2.55. The quantitative estimate of drug-likeness (QED) is 0.641. The van der Waals surface area contributed by atoms with Crippen LogP contribution in [0, 0.1) is 6.92 Å². The van der Waals surface area contributed by atoms with Crippen LogP contribution in [0.3, 0.4) is 0 Å². The highest BCUT2D eigenvalue weighted by Crippen LogP contribution is 2.30. The number of thiophene rings is 1. The first-order chi connectivity index (χ1) is 10.9. The lowest BCUT2D eigenvalue weighted by atomic mass is 9.91. The number of carbonyl (C=O) groups is 1. The van der Waals surface area contributed by atoms with Gasteiger partial charge in [0.15, 0.2) is 0 Å². The summed E-state index contributed by atoms with van der Waals surface area (Å²) in [6.07, 6.45) is 0.995. The van der Waals surface area contributed by atoms with E-state index in [1.54, 1.807) is 23.2 Å². The lowest BCUT2D eigenvalue weighted by Gasteiger charge is -2.39. The van der Waals surface area contributed by atoms with Crippen molar-refractivity contribution in [3.63, 3.8) is 0 Å². The van der Waals surface area contributed by atoms with E-state index >= 15 is 0 Å². The predicted octanol–water partition coefficient (Wildman–Crippen LogP) is 1.44. The molecule has 1 amide bonds. The van der Waals surface area contributed by atoms with Crippen LogP contribution in [-0.2, 0) is 4.79 Å². The van der Waals surface area contributed by atoms with E-state index in [0.29, 0.717) is 13.0 Å². The normalized spacial score (nSPS) is 25.0. The summed E-state index contributed by atoms with van der Waals surface area (Å²) in [6.45, 7) is 4.25. The van der Waals surface area contributed by atoms with Crippen molar-refractivity contribution in [2.45, 2.75) is 37.0 Å². The molecule has 2 aromatic rings. The van der Waals surface area contributed by atoms with Crippen LogP contribution >= 0.6 is 23.1 Å². The second-order valence-corrected chi connectivity index (χ2v) is 8.20. The number of thioether (sulfide) groups is 1. The van der Waals surface area contributed by atoms with Crippen molar-refractivity contribution in [2.75, 3.05) is 18.8 Å². The molecule has 3 rings (SSSR count). The van der Waals surface area contributed by atoms with Crippen molar-refractivity contribution in [1.82, 2.24) is 14.9 Å². The van der Waals surface area contributed by atoms with E-state index in [2.05, 4.69) is 9.97 Å². The first-order valence-electron chi connectivity index (χ1n) is 7.39. The van der Waals surface area contributed by atoms with Gasteiger partial charge in [-0.05, 0) is 26.3 Å². The highest BCUT2D eigenvalue weighted by molar-refractivity contribution is 8.00. The number of hydrogen-bond acceptors (Lipinski definition) is 7. The fourth-order valence-electron chi connectivity index (χ4n) is 2.54. The van der Waals surface area contributed by atoms with Gasteiger partial charge in [-0.25, -0.2) is 9.97 Å². The maximum absolute atomic E-state index is 12.3. The number of aliphatic hydroxyl groups excluding tert-OH is 1. The van der Waals surface area contributed by atoms with Gasteiger partial charge in [0.2, 0.25) is 5.91 Å². The Labute approximate surface area is 142 Å². The Kier molecular flexibility index (Phi) is 4.59. The van der Waals surface area contributed by atoms with Gasteiger partial charge in [-0.1, -0.05) is 11.8 Å². The zero-order chi connectivity index (χ0) is 16.6. The van der Waals surface area contributed by atoms with Crippen LogP contribution in [0.4, 0.5) is 0 Å². The Balaban J connectivity index is 1.65. The Morgan fingerprint density at radius 2 is 2.35 bits per heavy atom. The maximum atomic E-state index is 12.3. The molecule has 6 nitrogen and oxygen atoms in total. The molecule has 0 radical (unpaired) electrons. The van der Waals surface area contributed by atoms with Gasteiger partial charge in [0.05, 0.1) is 17.5 Å². The molecule has 8 heteroatoms. The molecule has 0 aliphatic carbocycles. The average molecular weight is 353 g/mol. The summed E-state index contributed by atoms with van der Waals surface area (Å²) < 4.78 is 0. The molecule has 23 heavy (non-hydrogen) atoms. The van der Waals surface area contributed by atoms with Gasteiger partial charge in [-0.15, -0.1) is 11.3 Å².